The van der Waals surface area contributed by atoms with Crippen molar-refractivity contribution in [1.82, 2.24) is 15.1 Å². The topological polar surface area (TPSA) is 85.2 Å². The molecule has 0 saturated carbocycles. The van der Waals surface area contributed by atoms with Crippen molar-refractivity contribution >= 4 is 28.7 Å². The predicted molar refractivity (Wildman–Crippen MR) is 126 cm³/mol. The molecule has 37 heavy (non-hydrogen) atoms. The van der Waals surface area contributed by atoms with Crippen molar-refractivity contribution in [3.8, 4) is 0 Å². The molecular formula is C23H26F6N4O3S. The van der Waals surface area contributed by atoms with E-state index in [1.807, 2.05) is 6.08 Å². The van der Waals surface area contributed by atoms with E-state index in [2.05, 4.69) is 10.3 Å². The summed E-state index contributed by atoms with van der Waals surface area (Å²) in [7, 11) is 3.05. The molecule has 7 nitrogen and oxygen atoms in total. The van der Waals surface area contributed by atoms with Crippen LogP contribution in [0.1, 0.15) is 29.5 Å². The number of amidine groups is 1. The Morgan fingerprint density at radius 3 is 2.41 bits per heavy atom. The zero-order valence-corrected chi connectivity index (χ0v) is 20.8. The van der Waals surface area contributed by atoms with Crippen molar-refractivity contribution in [2.24, 2.45) is 10.9 Å². The van der Waals surface area contributed by atoms with Crippen molar-refractivity contribution < 1.29 is 41.0 Å². The Balaban J connectivity index is 1.66. The minimum absolute atomic E-state index is 0.0385. The van der Waals surface area contributed by atoms with Crippen LogP contribution in [0.2, 0.25) is 0 Å². The fourth-order valence-corrected chi connectivity index (χ4v) is 4.86. The maximum absolute atomic E-state index is 13.5. The van der Waals surface area contributed by atoms with Crippen LogP contribution in [0.4, 0.5) is 31.1 Å². The smallest absolute Gasteiger partial charge is 0.394 e. The molecule has 2 aliphatic heterocycles. The van der Waals surface area contributed by atoms with Gasteiger partial charge in [0.25, 0.3) is 0 Å². The number of aliphatic imine (C=N–C) groups is 1. The second-order valence-electron chi connectivity index (χ2n) is 8.95. The number of nitrogens with one attached hydrogen (secondary N) is 1. The van der Waals surface area contributed by atoms with Gasteiger partial charge < -0.3 is 15.3 Å². The van der Waals surface area contributed by atoms with E-state index in [1.54, 1.807) is 4.90 Å². The lowest BCUT2D eigenvalue weighted by Crippen LogP contribution is -2.48. The van der Waals surface area contributed by atoms with Crippen LogP contribution in [0, 0.1) is 5.92 Å². The van der Waals surface area contributed by atoms with Crippen LogP contribution in [0.3, 0.4) is 0 Å². The van der Waals surface area contributed by atoms with Gasteiger partial charge >= 0.3 is 17.6 Å². The van der Waals surface area contributed by atoms with Gasteiger partial charge in [0.15, 0.2) is 0 Å². The molecule has 0 aliphatic carbocycles. The molecule has 0 aromatic heterocycles. The first-order valence-corrected chi connectivity index (χ1v) is 12.1. The Morgan fingerprint density at radius 1 is 1.22 bits per heavy atom. The summed E-state index contributed by atoms with van der Waals surface area (Å²) < 4.78 is 79.1. The van der Waals surface area contributed by atoms with Crippen LogP contribution in [-0.4, -0.2) is 71.7 Å². The molecule has 0 spiro atoms. The molecule has 2 heterocycles. The number of nitrogens with zero attached hydrogens (tertiary/aromatic N) is 3. The number of halogens is 6. The first-order valence-electron chi connectivity index (χ1n) is 11.3. The maximum atomic E-state index is 13.5. The fourth-order valence-electron chi connectivity index (χ4n) is 4.08. The van der Waals surface area contributed by atoms with Crippen LogP contribution in [-0.2, 0) is 23.7 Å². The van der Waals surface area contributed by atoms with Gasteiger partial charge in [-0.25, -0.2) is 0 Å². The summed E-state index contributed by atoms with van der Waals surface area (Å²) in [5.41, 5.74) is -2.88. The summed E-state index contributed by atoms with van der Waals surface area (Å²) in [6.45, 7) is 0.125. The molecule has 1 fully saturated rings. The number of thioether (sulfide) groups is 1. The number of rotatable bonds is 6. The van der Waals surface area contributed by atoms with Gasteiger partial charge in [0.05, 0.1) is 22.6 Å². The molecule has 0 unspecified atom stereocenters. The highest BCUT2D eigenvalue weighted by Crippen LogP contribution is 2.38. The van der Waals surface area contributed by atoms with Gasteiger partial charge in [0.1, 0.15) is 11.9 Å². The van der Waals surface area contributed by atoms with Crippen molar-refractivity contribution in [2.75, 3.05) is 33.8 Å². The van der Waals surface area contributed by atoms with Gasteiger partial charge in [0.2, 0.25) is 5.91 Å². The lowest BCUT2D eigenvalue weighted by molar-refractivity contribution is -0.143. The second-order valence-corrected chi connectivity index (χ2v) is 9.95. The molecule has 1 saturated heterocycles. The number of hydrogen-bond donors (Lipinski definition) is 2. The molecule has 1 aromatic carbocycles. The zero-order valence-electron chi connectivity index (χ0n) is 20.0. The summed E-state index contributed by atoms with van der Waals surface area (Å²) in [5, 5.41) is 11.9. The molecular weight excluding hydrogens is 526 g/mol. The Kier molecular flexibility index (Phi) is 8.96. The van der Waals surface area contributed by atoms with Gasteiger partial charge in [-0.2, -0.15) is 31.3 Å². The van der Waals surface area contributed by atoms with E-state index in [9.17, 15) is 41.0 Å². The lowest BCUT2D eigenvalue weighted by atomic mass is 9.95. The highest BCUT2D eigenvalue weighted by atomic mass is 32.2. The average molecular weight is 553 g/mol. The van der Waals surface area contributed by atoms with Crippen molar-refractivity contribution in [3.63, 3.8) is 0 Å². The minimum Gasteiger partial charge on any atom is -0.394 e. The average Bonchev–Trinajstić information content (AvgIpc) is 3.15. The fraction of sp³-hybridized carbons (Fsp3) is 0.522. The minimum atomic E-state index is -4.92. The third-order valence-corrected chi connectivity index (χ3v) is 6.84. The Morgan fingerprint density at radius 2 is 1.86 bits per heavy atom. The zero-order chi connectivity index (χ0) is 27.5. The second kappa shape index (κ2) is 11.4. The SMILES string of the molecule is CN(C)C(=O)[C@H](CO)NC1=NC(=O)S/C1=C\C1CCN(Cc2ccc(C(F)(F)F)cc2C(F)(F)F)CC1. The van der Waals surface area contributed by atoms with E-state index in [1.165, 1.54) is 19.0 Å². The Labute approximate surface area is 213 Å². The number of piperidine rings is 1. The van der Waals surface area contributed by atoms with Crippen LogP contribution >= 0.6 is 11.8 Å². The third-order valence-electron chi connectivity index (χ3n) is 6.02. The number of allylic oxidation sites excluding steroid dienone is 1. The van der Waals surface area contributed by atoms with Crippen LogP contribution in [0.15, 0.2) is 34.2 Å². The molecule has 2 N–H and O–H groups in total. The monoisotopic (exact) mass is 552 g/mol. The van der Waals surface area contributed by atoms with E-state index in [0.29, 0.717) is 36.9 Å². The number of aliphatic hydroxyl groups excluding tert-OH is 1. The van der Waals surface area contributed by atoms with Crippen LogP contribution < -0.4 is 5.32 Å². The number of hydrogen-bond acceptors (Lipinski definition) is 6. The molecule has 204 valence electrons. The first-order chi connectivity index (χ1) is 17.2. The molecule has 0 radical (unpaired) electrons. The van der Waals surface area contributed by atoms with Crippen molar-refractivity contribution in [1.29, 1.82) is 0 Å². The summed E-state index contributed by atoms with van der Waals surface area (Å²) in [6.07, 6.45) is -6.92. The van der Waals surface area contributed by atoms with Crippen LogP contribution in [0.5, 0.6) is 0 Å². The van der Waals surface area contributed by atoms with Crippen molar-refractivity contribution in [2.45, 2.75) is 37.8 Å². The number of alkyl halides is 6. The normalized spacial score (nSPS) is 19.8. The number of likely N-dealkylation sites (tertiary alicyclic amines) is 1. The van der Waals surface area contributed by atoms with E-state index in [-0.39, 0.29) is 29.9 Å². The number of likely N-dealkylation sites (N-methyl/N-ethyl adjacent to an activating group) is 1. The van der Waals surface area contributed by atoms with E-state index >= 15 is 0 Å². The van der Waals surface area contributed by atoms with Crippen LogP contribution in [0.25, 0.3) is 0 Å². The summed E-state index contributed by atoms with van der Waals surface area (Å²) >= 11 is 0.870. The van der Waals surface area contributed by atoms with Gasteiger partial charge in [-0.15, -0.1) is 0 Å². The van der Waals surface area contributed by atoms with E-state index in [4.69, 9.17) is 0 Å². The largest absolute Gasteiger partial charge is 0.416 e. The summed E-state index contributed by atoms with van der Waals surface area (Å²) in [4.78, 5) is 31.5. The van der Waals surface area contributed by atoms with Gasteiger partial charge in [0, 0.05) is 20.6 Å². The number of aliphatic hydroxyl groups is 1. The van der Waals surface area contributed by atoms with Gasteiger partial charge in [-0.1, -0.05) is 12.1 Å². The number of benzene rings is 1. The molecule has 14 heteroatoms. The molecule has 3 rings (SSSR count). The quantitative estimate of drug-likeness (QED) is 0.517. The number of carbonyl (C=O) groups excluding carboxylic acids is 2. The third kappa shape index (κ3) is 7.48. The molecule has 1 atom stereocenters. The molecule has 0 bridgehead atoms. The standard InChI is InChI=1S/C23H26F6N4O3S/c1-32(2)20(35)17(12-34)30-19-18(37-21(36)31-19)9-13-5-7-33(8-6-13)11-14-3-4-15(22(24,25)26)10-16(14)23(27,28)29/h3-4,9-10,13,17,34H,5-8,11-12H2,1-2H3,(H,30,31,36)/b18-9-/t17-/m0/s1. The lowest BCUT2D eigenvalue weighted by Gasteiger charge is -2.31. The van der Waals surface area contributed by atoms with Gasteiger partial charge in [-0.05, 0) is 61.3 Å². The highest BCUT2D eigenvalue weighted by molar-refractivity contribution is 8.18. The summed E-state index contributed by atoms with van der Waals surface area (Å²) in [5.74, 6) is -0.265. The molecule has 2 aliphatic rings. The number of amides is 2. The maximum Gasteiger partial charge on any atom is 0.416 e. The Bertz CT molecular complexity index is 1080. The Hall–Kier alpha value is -2.58. The molecule has 2 amide bonds. The summed E-state index contributed by atoms with van der Waals surface area (Å²) in [6, 6.07) is 0.693. The van der Waals surface area contributed by atoms with Crippen molar-refractivity contribution in [3.05, 3.63) is 45.9 Å². The molecule has 1 aromatic rings. The van der Waals surface area contributed by atoms with Gasteiger partial charge in [-0.3, -0.25) is 14.5 Å². The highest BCUT2D eigenvalue weighted by Gasteiger charge is 2.38. The number of carbonyl (C=O) groups is 2. The van der Waals surface area contributed by atoms with E-state index < -0.39 is 47.3 Å². The predicted octanol–water partition coefficient (Wildman–Crippen LogP) is 4.12. The first kappa shape index (κ1) is 29.0. The van der Waals surface area contributed by atoms with E-state index in [0.717, 1.165) is 17.8 Å².